The van der Waals surface area contributed by atoms with Gasteiger partial charge in [-0.1, -0.05) is 74.9 Å². The van der Waals surface area contributed by atoms with E-state index in [-0.39, 0.29) is 0 Å². The molecular weight excluding hydrogens is 252 g/mol. The summed E-state index contributed by atoms with van der Waals surface area (Å²) in [5.74, 6) is 0.502. The van der Waals surface area contributed by atoms with Crippen LogP contribution in [0.5, 0.6) is 0 Å². The Morgan fingerprint density at radius 3 is 2.24 bits per heavy atom. The van der Waals surface area contributed by atoms with E-state index in [1.807, 2.05) is 13.8 Å². The van der Waals surface area contributed by atoms with Crippen LogP contribution in [0.3, 0.4) is 0 Å². The van der Waals surface area contributed by atoms with Crippen LogP contribution in [0.15, 0.2) is 54.1 Å². The molecule has 0 radical (unpaired) electrons. The third-order valence-electron chi connectivity index (χ3n) is 3.65. The van der Waals surface area contributed by atoms with E-state index in [0.717, 1.165) is 6.42 Å². The molecule has 0 amide bonds. The molecule has 0 saturated heterocycles. The number of allylic oxidation sites excluding steroid dienone is 6. The second-order valence-corrected chi connectivity index (χ2v) is 4.96. The van der Waals surface area contributed by atoms with E-state index >= 15 is 0 Å². The van der Waals surface area contributed by atoms with Gasteiger partial charge in [-0.05, 0) is 50.8 Å². The number of benzene rings is 1. The highest BCUT2D eigenvalue weighted by atomic mass is 14.2. The topological polar surface area (TPSA) is 0 Å². The Hall–Kier alpha value is -1.56. The summed E-state index contributed by atoms with van der Waals surface area (Å²) in [5, 5.41) is 0. The van der Waals surface area contributed by atoms with Gasteiger partial charge in [-0.25, -0.2) is 0 Å². The molecule has 1 aromatic rings. The molecule has 1 unspecified atom stereocenters. The highest BCUT2D eigenvalue weighted by Gasteiger charge is 2.16. The lowest BCUT2D eigenvalue weighted by Gasteiger charge is -2.21. The first-order chi connectivity index (χ1) is 10.2. The maximum absolute atomic E-state index is 2.27. The summed E-state index contributed by atoms with van der Waals surface area (Å²) >= 11 is 0. The van der Waals surface area contributed by atoms with Crippen molar-refractivity contribution >= 4 is 5.57 Å². The lowest BCUT2D eigenvalue weighted by molar-refractivity contribution is 0.744. The summed E-state index contributed by atoms with van der Waals surface area (Å²) in [6, 6.07) is 8.66. The van der Waals surface area contributed by atoms with Crippen molar-refractivity contribution in [3.05, 3.63) is 65.3 Å². The zero-order valence-electron chi connectivity index (χ0n) is 14.9. The van der Waals surface area contributed by atoms with Crippen LogP contribution in [0.25, 0.3) is 5.57 Å². The zero-order valence-corrected chi connectivity index (χ0v) is 14.9. The SMILES string of the molecule is C/C=C\C=C(/C)C(CC)/C(=C/C)c1ccccc1C.CC. The fourth-order valence-electron chi connectivity index (χ4n) is 2.59. The maximum atomic E-state index is 2.27. The van der Waals surface area contributed by atoms with Crippen molar-refractivity contribution in [2.24, 2.45) is 5.92 Å². The Morgan fingerprint density at radius 2 is 1.76 bits per heavy atom. The molecule has 0 aliphatic rings. The van der Waals surface area contributed by atoms with Gasteiger partial charge in [0.1, 0.15) is 0 Å². The van der Waals surface area contributed by atoms with Crippen LogP contribution in [-0.2, 0) is 0 Å². The number of hydrogen-bond donors (Lipinski definition) is 0. The van der Waals surface area contributed by atoms with Gasteiger partial charge in [0.25, 0.3) is 0 Å². The highest BCUT2D eigenvalue weighted by Crippen LogP contribution is 2.33. The quantitative estimate of drug-likeness (QED) is 0.512. The predicted molar refractivity (Wildman–Crippen MR) is 98.5 cm³/mol. The second kappa shape index (κ2) is 11.1. The molecule has 0 fully saturated rings. The van der Waals surface area contributed by atoms with Crippen molar-refractivity contribution in [3.8, 4) is 0 Å². The van der Waals surface area contributed by atoms with Gasteiger partial charge in [0.2, 0.25) is 0 Å². The summed E-state index contributed by atoms with van der Waals surface area (Å²) in [6.07, 6.45) is 9.84. The van der Waals surface area contributed by atoms with Crippen LogP contribution in [-0.4, -0.2) is 0 Å². The van der Waals surface area contributed by atoms with Crippen LogP contribution in [0.1, 0.15) is 59.1 Å². The molecule has 1 atom stereocenters. The minimum absolute atomic E-state index is 0.502. The molecule has 0 bridgehead atoms. The van der Waals surface area contributed by atoms with Crippen LogP contribution < -0.4 is 0 Å². The number of aryl methyl sites for hydroxylation is 1. The molecule has 0 N–H and O–H groups in total. The van der Waals surface area contributed by atoms with E-state index in [2.05, 4.69) is 83.2 Å². The van der Waals surface area contributed by atoms with Crippen LogP contribution in [0, 0.1) is 12.8 Å². The van der Waals surface area contributed by atoms with Crippen molar-refractivity contribution < 1.29 is 0 Å². The van der Waals surface area contributed by atoms with Crippen molar-refractivity contribution in [3.63, 3.8) is 0 Å². The fourth-order valence-corrected chi connectivity index (χ4v) is 2.59. The fraction of sp³-hybridized carbons (Fsp3) is 0.429. The summed E-state index contributed by atoms with van der Waals surface area (Å²) < 4.78 is 0. The number of hydrogen-bond acceptors (Lipinski definition) is 0. The van der Waals surface area contributed by atoms with Gasteiger partial charge >= 0.3 is 0 Å². The van der Waals surface area contributed by atoms with E-state index < -0.39 is 0 Å². The van der Waals surface area contributed by atoms with Gasteiger partial charge in [0.05, 0.1) is 0 Å². The molecule has 0 heteroatoms. The molecule has 0 aromatic heterocycles. The molecule has 0 aliphatic carbocycles. The standard InChI is InChI=1S/C19H26.C2H6/c1-6-9-12-15(4)17(7-2)18(8-3)19-14-11-10-13-16(19)5;1-2/h6,8-14,17H,7H2,1-5H3;1-2H3/b9-6-,15-12+,18-8-;. The third kappa shape index (κ3) is 5.75. The van der Waals surface area contributed by atoms with Crippen LogP contribution in [0.4, 0.5) is 0 Å². The van der Waals surface area contributed by atoms with E-state index in [0.29, 0.717) is 5.92 Å². The first-order valence-corrected chi connectivity index (χ1v) is 8.17. The van der Waals surface area contributed by atoms with Gasteiger partial charge in [-0.15, -0.1) is 0 Å². The van der Waals surface area contributed by atoms with E-state index in [9.17, 15) is 0 Å². The summed E-state index contributed by atoms with van der Waals surface area (Å²) in [5.41, 5.74) is 5.61. The second-order valence-electron chi connectivity index (χ2n) is 4.96. The molecule has 0 heterocycles. The van der Waals surface area contributed by atoms with Gasteiger partial charge < -0.3 is 0 Å². The minimum Gasteiger partial charge on any atom is -0.0877 e. The largest absolute Gasteiger partial charge is 0.0877 e. The molecule has 0 spiro atoms. The van der Waals surface area contributed by atoms with Crippen LogP contribution in [0.2, 0.25) is 0 Å². The Bertz CT molecular complexity index is 487. The van der Waals surface area contributed by atoms with E-state index in [1.165, 1.54) is 22.3 Å². The molecule has 0 aliphatic heterocycles. The molecule has 116 valence electrons. The van der Waals surface area contributed by atoms with Crippen molar-refractivity contribution in [1.82, 2.24) is 0 Å². The van der Waals surface area contributed by atoms with Crippen LogP contribution >= 0.6 is 0 Å². The highest BCUT2D eigenvalue weighted by molar-refractivity contribution is 5.71. The number of rotatable bonds is 5. The average molecular weight is 284 g/mol. The molecule has 1 aromatic carbocycles. The van der Waals surface area contributed by atoms with Gasteiger partial charge in [0, 0.05) is 5.92 Å². The molecule has 21 heavy (non-hydrogen) atoms. The van der Waals surface area contributed by atoms with Gasteiger partial charge in [-0.3, -0.25) is 0 Å². The molecule has 0 nitrogen and oxygen atoms in total. The lowest BCUT2D eigenvalue weighted by Crippen LogP contribution is -2.05. The van der Waals surface area contributed by atoms with Crippen molar-refractivity contribution in [2.75, 3.05) is 0 Å². The maximum Gasteiger partial charge on any atom is 0.00486 e. The third-order valence-corrected chi connectivity index (χ3v) is 3.65. The molecule has 0 saturated carbocycles. The van der Waals surface area contributed by atoms with E-state index in [1.54, 1.807) is 0 Å². The molecular formula is C21H32. The molecule has 1 rings (SSSR count). The van der Waals surface area contributed by atoms with E-state index in [4.69, 9.17) is 0 Å². The smallest absolute Gasteiger partial charge is 0.00486 e. The predicted octanol–water partition coefficient (Wildman–Crippen LogP) is 6.97. The first kappa shape index (κ1) is 19.4. The zero-order chi connectivity index (χ0) is 16.3. The summed E-state index contributed by atoms with van der Waals surface area (Å²) in [7, 11) is 0. The Labute approximate surface area is 132 Å². The lowest BCUT2D eigenvalue weighted by atomic mass is 9.83. The normalized spacial score (nSPS) is 13.9. The Kier molecular flexibility index (Phi) is 10.3. The van der Waals surface area contributed by atoms with Gasteiger partial charge in [-0.2, -0.15) is 0 Å². The van der Waals surface area contributed by atoms with Crippen molar-refractivity contribution in [2.45, 2.75) is 54.9 Å². The van der Waals surface area contributed by atoms with Gasteiger partial charge in [0.15, 0.2) is 0 Å². The minimum atomic E-state index is 0.502. The Balaban J connectivity index is 0.00000191. The monoisotopic (exact) mass is 284 g/mol. The summed E-state index contributed by atoms with van der Waals surface area (Å²) in [6.45, 7) is 14.9. The Morgan fingerprint density at radius 1 is 1.14 bits per heavy atom. The first-order valence-electron chi connectivity index (χ1n) is 8.17. The average Bonchev–Trinajstić information content (AvgIpc) is 2.53. The summed E-state index contributed by atoms with van der Waals surface area (Å²) in [4.78, 5) is 0. The van der Waals surface area contributed by atoms with Crippen molar-refractivity contribution in [1.29, 1.82) is 0 Å².